The minimum atomic E-state index is -2.41. The molecule has 140 valence electrons. The van der Waals surface area contributed by atoms with Gasteiger partial charge in [-0.3, -0.25) is 0 Å². The van der Waals surface area contributed by atoms with Crippen molar-refractivity contribution in [3.63, 3.8) is 0 Å². The van der Waals surface area contributed by atoms with Crippen molar-refractivity contribution in [1.29, 1.82) is 0 Å². The van der Waals surface area contributed by atoms with E-state index in [0.717, 1.165) is 31.7 Å². The minimum absolute atomic E-state index is 0.532. The Labute approximate surface area is 163 Å². The van der Waals surface area contributed by atoms with E-state index < -0.39 is 5.76 Å². The van der Waals surface area contributed by atoms with Crippen molar-refractivity contribution in [2.75, 3.05) is 25.5 Å². The van der Waals surface area contributed by atoms with Crippen LogP contribution in [0.2, 0.25) is 0 Å². The van der Waals surface area contributed by atoms with Crippen LogP contribution in [0.1, 0.15) is 12.0 Å². The second-order valence-electron chi connectivity index (χ2n) is 5.86. The van der Waals surface area contributed by atoms with Crippen molar-refractivity contribution >= 4 is 34.8 Å². The molecule has 0 aliphatic carbocycles. The molecular weight excluding hydrogens is 372 g/mol. The molecule has 0 saturated heterocycles. The van der Waals surface area contributed by atoms with E-state index in [9.17, 15) is 8.78 Å². The quantitative estimate of drug-likeness (QED) is 0.361. The molecule has 7 heteroatoms. The van der Waals surface area contributed by atoms with Gasteiger partial charge < -0.3 is 15.5 Å². The third-order valence-electron chi connectivity index (χ3n) is 3.63. The van der Waals surface area contributed by atoms with Gasteiger partial charge in [0, 0.05) is 23.7 Å². The highest BCUT2D eigenvalue weighted by Crippen LogP contribution is 2.26. The normalized spacial score (nSPS) is 11.0. The summed E-state index contributed by atoms with van der Waals surface area (Å²) in [6, 6.07) is 17.2. The SMILES string of the molecule is CN(CCCNC(=S)Nc1ccc(SC(F)F)cc1)Cc1ccccc1. The lowest BCUT2D eigenvalue weighted by atomic mass is 10.2. The highest BCUT2D eigenvalue weighted by Gasteiger charge is 2.05. The first-order chi connectivity index (χ1) is 12.5. The van der Waals surface area contributed by atoms with E-state index >= 15 is 0 Å². The summed E-state index contributed by atoms with van der Waals surface area (Å²) >= 11 is 5.79. The molecule has 0 atom stereocenters. The van der Waals surface area contributed by atoms with Gasteiger partial charge in [0.2, 0.25) is 0 Å². The predicted molar refractivity (Wildman–Crippen MR) is 110 cm³/mol. The van der Waals surface area contributed by atoms with Crippen molar-refractivity contribution in [3.8, 4) is 0 Å². The molecule has 0 bridgehead atoms. The van der Waals surface area contributed by atoms with Crippen LogP contribution in [-0.4, -0.2) is 35.9 Å². The molecule has 2 N–H and O–H groups in total. The molecule has 0 spiro atoms. The topological polar surface area (TPSA) is 27.3 Å². The predicted octanol–water partition coefficient (Wildman–Crippen LogP) is 4.81. The molecule has 2 rings (SSSR count). The number of benzene rings is 2. The van der Waals surface area contributed by atoms with Crippen molar-refractivity contribution in [3.05, 3.63) is 60.2 Å². The van der Waals surface area contributed by atoms with E-state index in [1.54, 1.807) is 24.3 Å². The number of alkyl halides is 2. The summed E-state index contributed by atoms with van der Waals surface area (Å²) in [7, 11) is 2.10. The number of halogens is 2. The lowest BCUT2D eigenvalue weighted by Gasteiger charge is -2.17. The van der Waals surface area contributed by atoms with Gasteiger partial charge in [0.05, 0.1) is 0 Å². The van der Waals surface area contributed by atoms with Crippen molar-refractivity contribution in [2.45, 2.75) is 23.6 Å². The van der Waals surface area contributed by atoms with Gasteiger partial charge in [-0.2, -0.15) is 8.78 Å². The second-order valence-corrected chi connectivity index (χ2v) is 7.33. The molecule has 2 aromatic carbocycles. The van der Waals surface area contributed by atoms with Gasteiger partial charge in [0.1, 0.15) is 0 Å². The molecule has 0 saturated carbocycles. The standard InChI is InChI=1S/C19H23F2N3S2/c1-24(14-15-6-3-2-4-7-15)13-5-12-22-19(25)23-16-8-10-17(11-9-16)26-18(20)21/h2-4,6-11,18H,5,12-14H2,1H3,(H2,22,23,25). The number of anilines is 1. The Morgan fingerprint density at radius 1 is 1.12 bits per heavy atom. The molecule has 0 unspecified atom stereocenters. The maximum atomic E-state index is 12.3. The smallest absolute Gasteiger partial charge is 0.288 e. The summed E-state index contributed by atoms with van der Waals surface area (Å²) in [4.78, 5) is 2.80. The molecule has 0 aliphatic rings. The van der Waals surface area contributed by atoms with Crippen LogP contribution in [0.3, 0.4) is 0 Å². The maximum Gasteiger partial charge on any atom is 0.288 e. The fraction of sp³-hybridized carbons (Fsp3) is 0.316. The van der Waals surface area contributed by atoms with E-state index in [-0.39, 0.29) is 0 Å². The first kappa shape index (κ1) is 20.6. The van der Waals surface area contributed by atoms with Gasteiger partial charge in [0.25, 0.3) is 5.76 Å². The zero-order valence-corrected chi connectivity index (χ0v) is 16.3. The molecule has 3 nitrogen and oxygen atoms in total. The Morgan fingerprint density at radius 2 is 1.81 bits per heavy atom. The van der Waals surface area contributed by atoms with E-state index in [4.69, 9.17) is 12.2 Å². The Bertz CT molecular complexity index is 666. The van der Waals surface area contributed by atoms with Gasteiger partial charge >= 0.3 is 0 Å². The van der Waals surface area contributed by atoms with Crippen LogP contribution in [0, 0.1) is 0 Å². The maximum absolute atomic E-state index is 12.3. The number of nitrogens with zero attached hydrogens (tertiary/aromatic N) is 1. The zero-order valence-electron chi connectivity index (χ0n) is 14.6. The molecule has 0 amide bonds. The lowest BCUT2D eigenvalue weighted by Crippen LogP contribution is -2.31. The molecule has 0 aliphatic heterocycles. The van der Waals surface area contributed by atoms with Crippen LogP contribution < -0.4 is 10.6 Å². The number of rotatable bonds is 9. The third kappa shape index (κ3) is 8.12. The van der Waals surface area contributed by atoms with Crippen molar-refractivity contribution in [1.82, 2.24) is 10.2 Å². The van der Waals surface area contributed by atoms with E-state index in [1.165, 1.54) is 5.56 Å². The van der Waals surface area contributed by atoms with E-state index in [2.05, 4.69) is 34.7 Å². The summed E-state index contributed by atoms with van der Waals surface area (Å²) in [5.41, 5.74) is 2.08. The lowest BCUT2D eigenvalue weighted by molar-refractivity contribution is 0.252. The second kappa shape index (κ2) is 11.1. The van der Waals surface area contributed by atoms with Gasteiger partial charge in [-0.1, -0.05) is 42.1 Å². The zero-order chi connectivity index (χ0) is 18.8. The van der Waals surface area contributed by atoms with Gasteiger partial charge in [-0.15, -0.1) is 0 Å². The number of hydrogen-bond acceptors (Lipinski definition) is 3. The third-order valence-corrected chi connectivity index (χ3v) is 4.60. The fourth-order valence-electron chi connectivity index (χ4n) is 2.42. The Morgan fingerprint density at radius 3 is 2.46 bits per heavy atom. The van der Waals surface area contributed by atoms with Crippen LogP contribution in [0.15, 0.2) is 59.5 Å². The molecule has 0 heterocycles. The number of thioether (sulfide) groups is 1. The minimum Gasteiger partial charge on any atom is -0.362 e. The van der Waals surface area contributed by atoms with E-state index in [0.29, 0.717) is 21.8 Å². The van der Waals surface area contributed by atoms with Gasteiger partial charge in [-0.25, -0.2) is 0 Å². The fourth-order valence-corrected chi connectivity index (χ4v) is 3.14. The summed E-state index contributed by atoms with van der Waals surface area (Å²) in [5, 5.41) is 6.76. The summed E-state index contributed by atoms with van der Waals surface area (Å²) < 4.78 is 24.6. The Balaban J connectivity index is 1.62. The first-order valence-corrected chi connectivity index (χ1v) is 9.64. The highest BCUT2D eigenvalue weighted by atomic mass is 32.2. The Kier molecular flexibility index (Phi) is 8.80. The molecule has 2 aromatic rings. The average Bonchev–Trinajstić information content (AvgIpc) is 2.61. The van der Waals surface area contributed by atoms with Crippen molar-refractivity contribution in [2.24, 2.45) is 0 Å². The van der Waals surface area contributed by atoms with E-state index in [1.807, 2.05) is 18.2 Å². The molecule has 0 aromatic heterocycles. The van der Waals surface area contributed by atoms with Crippen LogP contribution >= 0.6 is 24.0 Å². The summed E-state index contributed by atoms with van der Waals surface area (Å²) in [5.74, 6) is -2.41. The Hall–Kier alpha value is -1.70. The highest BCUT2D eigenvalue weighted by molar-refractivity contribution is 7.99. The van der Waals surface area contributed by atoms with Crippen LogP contribution in [-0.2, 0) is 6.54 Å². The molecule has 26 heavy (non-hydrogen) atoms. The molecule has 0 radical (unpaired) electrons. The molecule has 0 fully saturated rings. The monoisotopic (exact) mass is 395 g/mol. The molecular formula is C19H23F2N3S2. The largest absolute Gasteiger partial charge is 0.362 e. The van der Waals surface area contributed by atoms with Crippen LogP contribution in [0.25, 0.3) is 0 Å². The van der Waals surface area contributed by atoms with Crippen LogP contribution in [0.5, 0.6) is 0 Å². The number of thiocarbonyl (C=S) groups is 1. The average molecular weight is 396 g/mol. The van der Waals surface area contributed by atoms with Crippen molar-refractivity contribution < 1.29 is 8.78 Å². The number of hydrogen-bond donors (Lipinski definition) is 2. The van der Waals surface area contributed by atoms with Crippen LogP contribution in [0.4, 0.5) is 14.5 Å². The summed E-state index contributed by atoms with van der Waals surface area (Å²) in [6.45, 7) is 2.65. The number of nitrogens with one attached hydrogen (secondary N) is 2. The summed E-state index contributed by atoms with van der Waals surface area (Å²) in [6.07, 6.45) is 0.967. The van der Waals surface area contributed by atoms with Gasteiger partial charge in [-0.05, 0) is 62.1 Å². The van der Waals surface area contributed by atoms with Gasteiger partial charge in [0.15, 0.2) is 5.11 Å². The first-order valence-electron chi connectivity index (χ1n) is 8.35.